The quantitative estimate of drug-likeness (QED) is 0.781. The summed E-state index contributed by atoms with van der Waals surface area (Å²) in [6.45, 7) is 0. The molecule has 3 rings (SSSR count). The van der Waals surface area contributed by atoms with E-state index in [9.17, 15) is 8.42 Å². The first kappa shape index (κ1) is 17.1. The van der Waals surface area contributed by atoms with Gasteiger partial charge < -0.3 is 4.74 Å². The van der Waals surface area contributed by atoms with Crippen molar-refractivity contribution in [1.82, 2.24) is 0 Å². The molecule has 0 N–H and O–H groups in total. The van der Waals surface area contributed by atoms with Crippen LogP contribution < -0.4 is 4.74 Å². The van der Waals surface area contributed by atoms with Crippen molar-refractivity contribution < 1.29 is 13.2 Å². The zero-order valence-corrected chi connectivity index (χ0v) is 15.2. The van der Waals surface area contributed by atoms with Gasteiger partial charge in [0.15, 0.2) is 9.84 Å². The summed E-state index contributed by atoms with van der Waals surface area (Å²) < 4.78 is 29.6. The van der Waals surface area contributed by atoms with Crippen LogP contribution in [0.5, 0.6) is 5.75 Å². The monoisotopic (exact) mass is 362 g/mol. The molecule has 0 amide bonds. The summed E-state index contributed by atoms with van der Waals surface area (Å²) in [5.41, 5.74) is 4.11. The lowest BCUT2D eigenvalue weighted by atomic mass is 9.97. The van der Waals surface area contributed by atoms with Gasteiger partial charge in [0.1, 0.15) is 5.75 Å². The molecule has 3 nitrogen and oxygen atoms in total. The Morgan fingerprint density at radius 3 is 2.46 bits per heavy atom. The molecule has 0 aromatic heterocycles. The van der Waals surface area contributed by atoms with Gasteiger partial charge in [0.05, 0.1) is 17.0 Å². The predicted octanol–water partition coefficient (Wildman–Crippen LogP) is 4.85. The second-order valence-electron chi connectivity index (χ2n) is 5.93. The van der Waals surface area contributed by atoms with Crippen LogP contribution in [0.3, 0.4) is 0 Å². The van der Waals surface area contributed by atoms with E-state index in [1.807, 2.05) is 30.3 Å². The number of benzene rings is 2. The summed E-state index contributed by atoms with van der Waals surface area (Å²) in [5, 5.41) is 0.568. The third-order valence-electron chi connectivity index (χ3n) is 4.33. The summed E-state index contributed by atoms with van der Waals surface area (Å²) in [5.74, 6) is 0.629. The third kappa shape index (κ3) is 3.21. The average Bonchev–Trinajstić information content (AvgIpc) is 3.04. The van der Waals surface area contributed by atoms with Crippen LogP contribution in [0.2, 0.25) is 5.02 Å². The maximum absolute atomic E-state index is 12.1. The highest BCUT2D eigenvalue weighted by molar-refractivity contribution is 7.90. The fraction of sp³-hybridized carbons (Fsp3) is 0.263. The Bertz CT molecular complexity index is 914. The molecule has 0 saturated carbocycles. The third-order valence-corrected chi connectivity index (χ3v) is 5.80. The van der Waals surface area contributed by atoms with Gasteiger partial charge in [0.25, 0.3) is 0 Å². The molecule has 0 aliphatic heterocycles. The Kier molecular flexibility index (Phi) is 4.70. The minimum Gasteiger partial charge on any atom is -0.495 e. The van der Waals surface area contributed by atoms with E-state index in [0.29, 0.717) is 15.7 Å². The lowest BCUT2D eigenvalue weighted by Gasteiger charge is -2.13. The van der Waals surface area contributed by atoms with E-state index < -0.39 is 9.84 Å². The number of sulfone groups is 1. The number of methoxy groups -OCH3 is 1. The lowest BCUT2D eigenvalue weighted by molar-refractivity contribution is 0.415. The average molecular weight is 363 g/mol. The molecular formula is C19H19ClO3S. The van der Waals surface area contributed by atoms with Gasteiger partial charge in [0, 0.05) is 6.26 Å². The summed E-state index contributed by atoms with van der Waals surface area (Å²) in [6, 6.07) is 12.9. The Balaban J connectivity index is 2.19. The molecule has 2 aromatic rings. The molecule has 24 heavy (non-hydrogen) atoms. The van der Waals surface area contributed by atoms with Crippen molar-refractivity contribution in [1.29, 1.82) is 0 Å². The van der Waals surface area contributed by atoms with E-state index >= 15 is 0 Å². The Morgan fingerprint density at radius 2 is 1.75 bits per heavy atom. The molecule has 0 heterocycles. The number of ether oxygens (including phenoxy) is 1. The molecule has 126 valence electrons. The molecule has 0 spiro atoms. The number of rotatable bonds is 4. The lowest BCUT2D eigenvalue weighted by Crippen LogP contribution is -2.02. The number of halogens is 1. The molecule has 0 fully saturated rings. The van der Waals surface area contributed by atoms with Crippen molar-refractivity contribution in [2.75, 3.05) is 13.4 Å². The second-order valence-corrected chi connectivity index (χ2v) is 8.32. The van der Waals surface area contributed by atoms with E-state index in [1.54, 1.807) is 19.2 Å². The van der Waals surface area contributed by atoms with Crippen LogP contribution in [-0.4, -0.2) is 21.8 Å². The van der Waals surface area contributed by atoms with Gasteiger partial charge in [-0.05, 0) is 59.7 Å². The standard InChI is InChI=1S/C19H19ClO3S/c1-23-18-12-13(10-11-17(18)20)14-7-5-8-15(14)16-6-3-4-9-19(16)24(2,21)22/h3-4,6,9-12H,5,7-8H2,1-2H3. The molecule has 1 aliphatic carbocycles. The van der Waals surface area contributed by atoms with Gasteiger partial charge in [-0.15, -0.1) is 0 Å². The van der Waals surface area contributed by atoms with Crippen molar-refractivity contribution >= 4 is 32.6 Å². The highest BCUT2D eigenvalue weighted by Gasteiger charge is 2.23. The maximum Gasteiger partial charge on any atom is 0.176 e. The first-order valence-electron chi connectivity index (χ1n) is 7.77. The molecule has 1 aliphatic rings. The number of allylic oxidation sites excluding steroid dienone is 2. The van der Waals surface area contributed by atoms with Crippen LogP contribution >= 0.6 is 11.6 Å². The molecule has 2 aromatic carbocycles. The van der Waals surface area contributed by atoms with Gasteiger partial charge in [0.2, 0.25) is 0 Å². The first-order chi connectivity index (χ1) is 11.4. The van der Waals surface area contributed by atoms with Crippen LogP contribution in [0.15, 0.2) is 47.4 Å². The van der Waals surface area contributed by atoms with Gasteiger partial charge in [-0.1, -0.05) is 35.9 Å². The van der Waals surface area contributed by atoms with Crippen molar-refractivity contribution in [2.24, 2.45) is 0 Å². The normalized spacial score (nSPS) is 15.0. The minimum atomic E-state index is -3.28. The van der Waals surface area contributed by atoms with Crippen molar-refractivity contribution in [2.45, 2.75) is 24.2 Å². The zero-order chi connectivity index (χ0) is 17.3. The molecular weight excluding hydrogens is 344 g/mol. The van der Waals surface area contributed by atoms with Gasteiger partial charge in [-0.3, -0.25) is 0 Å². The molecule has 0 saturated heterocycles. The Hall–Kier alpha value is -1.78. The Labute approximate surface area is 147 Å². The minimum absolute atomic E-state index is 0.389. The van der Waals surface area contributed by atoms with Gasteiger partial charge in [-0.2, -0.15) is 0 Å². The highest BCUT2D eigenvalue weighted by atomic mass is 35.5. The maximum atomic E-state index is 12.1. The summed E-state index contributed by atoms with van der Waals surface area (Å²) >= 11 is 6.12. The summed E-state index contributed by atoms with van der Waals surface area (Å²) in [7, 11) is -1.68. The number of hydrogen-bond acceptors (Lipinski definition) is 3. The predicted molar refractivity (Wildman–Crippen MR) is 98.2 cm³/mol. The number of hydrogen-bond donors (Lipinski definition) is 0. The van der Waals surface area contributed by atoms with E-state index in [0.717, 1.165) is 36.0 Å². The van der Waals surface area contributed by atoms with E-state index in [1.165, 1.54) is 11.8 Å². The molecule has 0 radical (unpaired) electrons. The fourth-order valence-electron chi connectivity index (χ4n) is 3.25. The van der Waals surface area contributed by atoms with Crippen molar-refractivity contribution in [3.8, 4) is 5.75 Å². The molecule has 0 unspecified atom stereocenters. The highest BCUT2D eigenvalue weighted by Crippen LogP contribution is 2.43. The van der Waals surface area contributed by atoms with Crippen LogP contribution in [0.4, 0.5) is 0 Å². The van der Waals surface area contributed by atoms with Gasteiger partial charge >= 0.3 is 0 Å². The second kappa shape index (κ2) is 6.61. The summed E-state index contributed by atoms with van der Waals surface area (Å²) in [6.07, 6.45) is 4.05. The first-order valence-corrected chi connectivity index (χ1v) is 10.0. The molecule has 0 atom stereocenters. The SMILES string of the molecule is COc1cc(C2=C(c3ccccc3S(C)(=O)=O)CCC2)ccc1Cl. The van der Waals surface area contributed by atoms with Crippen LogP contribution in [0.25, 0.3) is 11.1 Å². The van der Waals surface area contributed by atoms with Crippen LogP contribution in [0.1, 0.15) is 30.4 Å². The fourth-order valence-corrected chi connectivity index (χ4v) is 4.36. The summed E-state index contributed by atoms with van der Waals surface area (Å²) in [4.78, 5) is 0.389. The topological polar surface area (TPSA) is 43.4 Å². The van der Waals surface area contributed by atoms with Crippen molar-refractivity contribution in [3.05, 3.63) is 58.6 Å². The Morgan fingerprint density at radius 1 is 1.04 bits per heavy atom. The largest absolute Gasteiger partial charge is 0.495 e. The van der Waals surface area contributed by atoms with Gasteiger partial charge in [-0.25, -0.2) is 8.42 Å². The van der Waals surface area contributed by atoms with E-state index in [4.69, 9.17) is 16.3 Å². The van der Waals surface area contributed by atoms with Crippen LogP contribution in [0, 0.1) is 0 Å². The van der Waals surface area contributed by atoms with Crippen LogP contribution in [-0.2, 0) is 9.84 Å². The smallest absolute Gasteiger partial charge is 0.176 e. The molecule has 0 bridgehead atoms. The van der Waals surface area contributed by atoms with E-state index in [2.05, 4.69) is 0 Å². The molecule has 5 heteroatoms. The zero-order valence-electron chi connectivity index (χ0n) is 13.7. The van der Waals surface area contributed by atoms with E-state index in [-0.39, 0.29) is 0 Å². The van der Waals surface area contributed by atoms with Crippen molar-refractivity contribution in [3.63, 3.8) is 0 Å².